The molecule has 1 heterocycles. The number of fused-ring (bicyclic) bond motifs is 1. The van der Waals surface area contributed by atoms with E-state index in [-0.39, 0.29) is 17.1 Å². The van der Waals surface area contributed by atoms with Crippen LogP contribution in [0.15, 0.2) is 18.2 Å². The molecule has 3 rings (SSSR count). The van der Waals surface area contributed by atoms with Crippen molar-refractivity contribution in [2.45, 2.75) is 26.2 Å². The van der Waals surface area contributed by atoms with E-state index in [1.807, 2.05) is 17.0 Å². The first kappa shape index (κ1) is 12.2. The Hall–Kier alpha value is -1.84. The number of piperidine rings is 1. The molecule has 4 heteroatoms. The van der Waals surface area contributed by atoms with Crippen LogP contribution < -0.4 is 5.73 Å². The first-order valence-electron chi connectivity index (χ1n) is 6.71. The van der Waals surface area contributed by atoms with Gasteiger partial charge in [-0.2, -0.15) is 0 Å². The molecule has 1 aromatic rings. The molecule has 1 amide bonds. The quantitative estimate of drug-likeness (QED) is 0.719. The summed E-state index contributed by atoms with van der Waals surface area (Å²) in [6, 6.07) is 5.62. The lowest BCUT2D eigenvalue weighted by Crippen LogP contribution is -2.44. The molecule has 1 saturated heterocycles. The van der Waals surface area contributed by atoms with Crippen LogP contribution in [0.1, 0.15) is 35.7 Å². The van der Waals surface area contributed by atoms with Crippen LogP contribution in [-0.2, 0) is 11.2 Å². The standard InChI is InChI=1S/C15H18N2O2/c1-10(18)17-6-4-15(5-7-17)9-11-2-3-12(16)8-13(11)14(15)19/h2-3,8H,4-7,9,16H2,1H3. The van der Waals surface area contributed by atoms with Gasteiger partial charge >= 0.3 is 0 Å². The minimum Gasteiger partial charge on any atom is -0.399 e. The zero-order valence-electron chi connectivity index (χ0n) is 11.1. The van der Waals surface area contributed by atoms with Crippen molar-refractivity contribution in [1.29, 1.82) is 0 Å². The Morgan fingerprint density at radius 2 is 2.00 bits per heavy atom. The normalized spacial score (nSPS) is 20.7. The number of benzene rings is 1. The molecule has 0 radical (unpaired) electrons. The molecule has 1 aromatic carbocycles. The molecule has 0 bridgehead atoms. The zero-order valence-corrected chi connectivity index (χ0v) is 11.1. The Bertz CT molecular complexity index is 557. The molecule has 0 aromatic heterocycles. The lowest BCUT2D eigenvalue weighted by atomic mass is 9.75. The Labute approximate surface area is 112 Å². The number of carbonyl (C=O) groups is 2. The SMILES string of the molecule is CC(=O)N1CCC2(CC1)Cc1ccc(N)cc1C2=O. The van der Waals surface area contributed by atoms with Crippen LogP contribution in [0.3, 0.4) is 0 Å². The van der Waals surface area contributed by atoms with Gasteiger partial charge in [0.1, 0.15) is 0 Å². The molecule has 100 valence electrons. The maximum absolute atomic E-state index is 12.6. The smallest absolute Gasteiger partial charge is 0.219 e. The number of Topliss-reactive ketones (excluding diaryl/α,β-unsaturated/α-hetero) is 1. The molecular formula is C15H18N2O2. The van der Waals surface area contributed by atoms with Gasteiger partial charge in [-0.05, 0) is 37.0 Å². The summed E-state index contributed by atoms with van der Waals surface area (Å²) in [6.45, 7) is 2.96. The molecule has 0 atom stereocenters. The predicted molar refractivity (Wildman–Crippen MR) is 72.8 cm³/mol. The van der Waals surface area contributed by atoms with Crippen molar-refractivity contribution in [2.75, 3.05) is 18.8 Å². The third-order valence-electron chi connectivity index (χ3n) is 4.55. The van der Waals surface area contributed by atoms with Crippen molar-refractivity contribution >= 4 is 17.4 Å². The van der Waals surface area contributed by atoms with E-state index in [9.17, 15) is 9.59 Å². The Kier molecular flexibility index (Phi) is 2.62. The zero-order chi connectivity index (χ0) is 13.6. The highest BCUT2D eigenvalue weighted by Crippen LogP contribution is 2.44. The van der Waals surface area contributed by atoms with Gasteiger partial charge in [0.25, 0.3) is 0 Å². The monoisotopic (exact) mass is 258 g/mol. The topological polar surface area (TPSA) is 63.4 Å². The summed E-state index contributed by atoms with van der Waals surface area (Å²) in [6.07, 6.45) is 2.33. The van der Waals surface area contributed by atoms with Crippen LogP contribution in [0.25, 0.3) is 0 Å². The number of amides is 1. The van der Waals surface area contributed by atoms with Crippen LogP contribution in [0, 0.1) is 5.41 Å². The average molecular weight is 258 g/mol. The number of carbonyl (C=O) groups excluding carboxylic acids is 2. The summed E-state index contributed by atoms with van der Waals surface area (Å²) < 4.78 is 0. The number of anilines is 1. The summed E-state index contributed by atoms with van der Waals surface area (Å²) in [4.78, 5) is 25.8. The van der Waals surface area contributed by atoms with Crippen molar-refractivity contribution in [3.05, 3.63) is 29.3 Å². The minimum atomic E-state index is -0.290. The minimum absolute atomic E-state index is 0.0991. The van der Waals surface area contributed by atoms with Crippen molar-refractivity contribution in [3.63, 3.8) is 0 Å². The predicted octanol–water partition coefficient (Wildman–Crippen LogP) is 1.64. The average Bonchev–Trinajstić information content (AvgIpc) is 2.64. The summed E-state index contributed by atoms with van der Waals surface area (Å²) >= 11 is 0. The first-order valence-corrected chi connectivity index (χ1v) is 6.71. The number of hydrogen-bond acceptors (Lipinski definition) is 3. The van der Waals surface area contributed by atoms with Crippen molar-refractivity contribution in [1.82, 2.24) is 4.90 Å². The van der Waals surface area contributed by atoms with Gasteiger partial charge in [0, 0.05) is 36.7 Å². The van der Waals surface area contributed by atoms with E-state index in [0.29, 0.717) is 18.8 Å². The van der Waals surface area contributed by atoms with Gasteiger partial charge in [0.05, 0.1) is 0 Å². The van der Waals surface area contributed by atoms with E-state index in [4.69, 9.17) is 5.73 Å². The number of rotatable bonds is 0. The summed E-state index contributed by atoms with van der Waals surface area (Å²) in [5, 5.41) is 0. The highest BCUT2D eigenvalue weighted by molar-refractivity contribution is 6.05. The third-order valence-corrected chi connectivity index (χ3v) is 4.55. The molecular weight excluding hydrogens is 240 g/mol. The summed E-state index contributed by atoms with van der Waals surface area (Å²) in [5.74, 6) is 0.319. The molecule has 1 aliphatic carbocycles. The lowest BCUT2D eigenvalue weighted by molar-refractivity contribution is -0.130. The molecule has 0 unspecified atom stereocenters. The largest absolute Gasteiger partial charge is 0.399 e. The van der Waals surface area contributed by atoms with Gasteiger partial charge in [0.2, 0.25) is 5.91 Å². The van der Waals surface area contributed by atoms with Crippen LogP contribution in [0.5, 0.6) is 0 Å². The van der Waals surface area contributed by atoms with Gasteiger partial charge in [-0.25, -0.2) is 0 Å². The summed E-state index contributed by atoms with van der Waals surface area (Å²) in [7, 11) is 0. The Morgan fingerprint density at radius 1 is 1.32 bits per heavy atom. The second-order valence-electron chi connectivity index (χ2n) is 5.71. The molecule has 1 fully saturated rings. The van der Waals surface area contributed by atoms with Crippen molar-refractivity contribution in [3.8, 4) is 0 Å². The first-order chi connectivity index (χ1) is 9.02. The van der Waals surface area contributed by atoms with Gasteiger partial charge in [0.15, 0.2) is 5.78 Å². The molecule has 19 heavy (non-hydrogen) atoms. The summed E-state index contributed by atoms with van der Waals surface area (Å²) in [5.41, 5.74) is 8.02. The number of nitrogens with two attached hydrogens (primary N) is 1. The maximum Gasteiger partial charge on any atom is 0.219 e. The number of ketones is 1. The van der Waals surface area contributed by atoms with E-state index in [2.05, 4.69) is 0 Å². The number of hydrogen-bond donors (Lipinski definition) is 1. The Morgan fingerprint density at radius 3 is 2.63 bits per heavy atom. The second kappa shape index (κ2) is 4.08. The van der Waals surface area contributed by atoms with E-state index in [1.165, 1.54) is 0 Å². The van der Waals surface area contributed by atoms with Crippen LogP contribution in [0.4, 0.5) is 5.69 Å². The second-order valence-corrected chi connectivity index (χ2v) is 5.71. The van der Waals surface area contributed by atoms with E-state index < -0.39 is 0 Å². The van der Waals surface area contributed by atoms with Gasteiger partial charge < -0.3 is 10.6 Å². The van der Waals surface area contributed by atoms with Crippen LogP contribution in [0.2, 0.25) is 0 Å². The molecule has 1 aliphatic heterocycles. The molecule has 1 spiro atoms. The Balaban J connectivity index is 1.86. The highest BCUT2D eigenvalue weighted by Gasteiger charge is 2.47. The molecule has 0 saturated carbocycles. The number of likely N-dealkylation sites (tertiary alicyclic amines) is 1. The number of nitrogen functional groups attached to an aromatic ring is 1. The van der Waals surface area contributed by atoms with Gasteiger partial charge in [-0.1, -0.05) is 6.07 Å². The fourth-order valence-electron chi connectivity index (χ4n) is 3.34. The van der Waals surface area contributed by atoms with Gasteiger partial charge in [-0.3, -0.25) is 9.59 Å². The fourth-order valence-corrected chi connectivity index (χ4v) is 3.34. The number of nitrogens with zero attached hydrogens (tertiary/aromatic N) is 1. The highest BCUT2D eigenvalue weighted by atomic mass is 16.2. The van der Waals surface area contributed by atoms with E-state index >= 15 is 0 Å². The van der Waals surface area contributed by atoms with Crippen LogP contribution in [-0.4, -0.2) is 29.7 Å². The van der Waals surface area contributed by atoms with E-state index in [1.54, 1.807) is 13.0 Å². The lowest BCUT2D eigenvalue weighted by Gasteiger charge is -2.37. The maximum atomic E-state index is 12.6. The molecule has 2 N–H and O–H groups in total. The van der Waals surface area contributed by atoms with Crippen LogP contribution >= 0.6 is 0 Å². The van der Waals surface area contributed by atoms with Gasteiger partial charge in [-0.15, -0.1) is 0 Å². The fraction of sp³-hybridized carbons (Fsp3) is 0.467. The van der Waals surface area contributed by atoms with Crippen molar-refractivity contribution in [2.24, 2.45) is 5.41 Å². The molecule has 2 aliphatic rings. The van der Waals surface area contributed by atoms with E-state index in [0.717, 1.165) is 30.4 Å². The third kappa shape index (κ3) is 1.82. The van der Waals surface area contributed by atoms with Crippen molar-refractivity contribution < 1.29 is 9.59 Å². The molecule has 4 nitrogen and oxygen atoms in total.